The predicted molar refractivity (Wildman–Crippen MR) is 131 cm³/mol. The molecule has 34 heavy (non-hydrogen) atoms. The first-order valence-corrected chi connectivity index (χ1v) is 12.1. The molecule has 7 heteroatoms. The number of aromatic nitrogens is 1. The largest absolute Gasteiger partial charge is 0.395 e. The highest BCUT2D eigenvalue weighted by Crippen LogP contribution is 2.28. The lowest BCUT2D eigenvalue weighted by molar-refractivity contribution is -0.131. The summed E-state index contributed by atoms with van der Waals surface area (Å²) in [6.45, 7) is 3.28. The van der Waals surface area contributed by atoms with Gasteiger partial charge in [-0.3, -0.25) is 4.79 Å². The summed E-state index contributed by atoms with van der Waals surface area (Å²) in [6.07, 6.45) is 5.47. The molecule has 1 aliphatic rings. The molecule has 1 saturated heterocycles. The van der Waals surface area contributed by atoms with E-state index in [9.17, 15) is 19.4 Å². The first-order chi connectivity index (χ1) is 16.6. The van der Waals surface area contributed by atoms with Crippen LogP contribution in [0.25, 0.3) is 10.9 Å². The fraction of sp³-hybridized carbons (Fsp3) is 0.444. The minimum atomic E-state index is -0.191. The summed E-state index contributed by atoms with van der Waals surface area (Å²) in [5.41, 5.74) is 3.25. The van der Waals surface area contributed by atoms with Crippen LogP contribution in [0.4, 0.5) is 4.39 Å². The Morgan fingerprint density at radius 3 is 2.32 bits per heavy atom. The van der Waals surface area contributed by atoms with Gasteiger partial charge in [-0.1, -0.05) is 24.3 Å². The van der Waals surface area contributed by atoms with Crippen molar-refractivity contribution in [1.29, 1.82) is 0 Å². The van der Waals surface area contributed by atoms with E-state index in [-0.39, 0.29) is 44.4 Å². The highest BCUT2D eigenvalue weighted by atomic mass is 19.1. The van der Waals surface area contributed by atoms with E-state index in [1.54, 1.807) is 0 Å². The van der Waals surface area contributed by atoms with E-state index in [1.807, 2.05) is 18.2 Å². The second kappa shape index (κ2) is 11.6. The molecule has 0 atom stereocenters. The lowest BCUT2D eigenvalue weighted by Crippen LogP contribution is -2.36. The quantitative estimate of drug-likeness (QED) is 0.481. The normalized spacial score (nSPS) is 15.1. The average Bonchev–Trinajstić information content (AvgIpc) is 3.27. The summed E-state index contributed by atoms with van der Waals surface area (Å²) >= 11 is 0. The fourth-order valence-electron chi connectivity index (χ4n) is 4.87. The van der Waals surface area contributed by atoms with E-state index in [4.69, 9.17) is 0 Å². The maximum Gasteiger partial charge on any atom is 0.227 e. The van der Waals surface area contributed by atoms with Crippen LogP contribution in [-0.2, 0) is 17.6 Å². The molecule has 0 bridgehead atoms. The fourth-order valence-corrected chi connectivity index (χ4v) is 4.87. The summed E-state index contributed by atoms with van der Waals surface area (Å²) in [5, 5.41) is 19.6. The molecule has 182 valence electrons. The van der Waals surface area contributed by atoms with Crippen LogP contribution in [0.5, 0.6) is 0 Å². The van der Waals surface area contributed by atoms with Crippen molar-refractivity contribution in [2.75, 3.05) is 45.9 Å². The molecule has 4 rings (SSSR count). The molecular formula is C27H34FN3O3. The van der Waals surface area contributed by atoms with Gasteiger partial charge in [-0.05, 0) is 60.0 Å². The smallest absolute Gasteiger partial charge is 0.227 e. The zero-order chi connectivity index (χ0) is 23.9. The Morgan fingerprint density at radius 1 is 0.971 bits per heavy atom. The van der Waals surface area contributed by atoms with Crippen molar-refractivity contribution in [3.63, 3.8) is 0 Å². The summed E-state index contributed by atoms with van der Waals surface area (Å²) in [4.78, 5) is 16.6. The zero-order valence-electron chi connectivity index (χ0n) is 19.6. The minimum absolute atomic E-state index is 0.0879. The number of rotatable bonds is 10. The van der Waals surface area contributed by atoms with Crippen molar-refractivity contribution >= 4 is 16.8 Å². The summed E-state index contributed by atoms with van der Waals surface area (Å²) in [5.74, 6) is -0.279. The van der Waals surface area contributed by atoms with Gasteiger partial charge in [-0.15, -0.1) is 0 Å². The van der Waals surface area contributed by atoms with E-state index in [0.717, 1.165) is 55.4 Å². The maximum absolute atomic E-state index is 13.1. The van der Waals surface area contributed by atoms with Crippen LogP contribution in [-0.4, -0.2) is 76.4 Å². The number of fused-ring (bicyclic) bond motifs is 1. The number of aliphatic hydroxyl groups excluding tert-OH is 2. The highest BCUT2D eigenvalue weighted by Gasteiger charge is 2.22. The SMILES string of the molecule is O=C(Cc1ccc2ccn(C3CCN(CCc4ccc(F)cc4)CC3)c2c1)N(CCO)CCO. The van der Waals surface area contributed by atoms with Gasteiger partial charge in [0.2, 0.25) is 5.91 Å². The van der Waals surface area contributed by atoms with Crippen LogP contribution in [0, 0.1) is 5.82 Å². The van der Waals surface area contributed by atoms with Crippen molar-refractivity contribution in [3.05, 3.63) is 71.7 Å². The number of likely N-dealkylation sites (tertiary alicyclic amines) is 1. The molecule has 0 aliphatic carbocycles. The third-order valence-corrected chi connectivity index (χ3v) is 6.82. The Balaban J connectivity index is 1.37. The molecule has 0 radical (unpaired) electrons. The second-order valence-electron chi connectivity index (χ2n) is 9.07. The van der Waals surface area contributed by atoms with Crippen LogP contribution < -0.4 is 0 Å². The molecule has 0 unspecified atom stereocenters. The van der Waals surface area contributed by atoms with E-state index in [1.165, 1.54) is 22.6 Å². The number of nitrogens with zero attached hydrogens (tertiary/aromatic N) is 3. The molecule has 1 aliphatic heterocycles. The van der Waals surface area contributed by atoms with E-state index >= 15 is 0 Å². The van der Waals surface area contributed by atoms with E-state index < -0.39 is 0 Å². The molecule has 1 aromatic heterocycles. The first-order valence-electron chi connectivity index (χ1n) is 12.1. The minimum Gasteiger partial charge on any atom is -0.395 e. The van der Waals surface area contributed by atoms with Crippen molar-refractivity contribution in [3.8, 4) is 0 Å². The summed E-state index contributed by atoms with van der Waals surface area (Å²) < 4.78 is 15.5. The number of amides is 1. The Bertz CT molecular complexity index is 1070. The molecule has 2 heterocycles. The Kier molecular flexibility index (Phi) is 8.32. The molecule has 6 nitrogen and oxygen atoms in total. The molecule has 2 aromatic carbocycles. The van der Waals surface area contributed by atoms with Crippen molar-refractivity contribution in [1.82, 2.24) is 14.4 Å². The van der Waals surface area contributed by atoms with Gasteiger partial charge in [0.25, 0.3) is 0 Å². The number of carbonyl (C=O) groups is 1. The molecule has 1 amide bonds. The van der Waals surface area contributed by atoms with Crippen LogP contribution in [0.3, 0.4) is 0 Å². The predicted octanol–water partition coefficient (Wildman–Crippen LogP) is 3.02. The van der Waals surface area contributed by atoms with Crippen LogP contribution in [0.15, 0.2) is 54.7 Å². The van der Waals surface area contributed by atoms with Crippen molar-refractivity contribution in [2.45, 2.75) is 31.7 Å². The maximum atomic E-state index is 13.1. The van der Waals surface area contributed by atoms with Crippen molar-refractivity contribution < 1.29 is 19.4 Å². The van der Waals surface area contributed by atoms with Gasteiger partial charge in [0.15, 0.2) is 0 Å². The number of hydrogen-bond acceptors (Lipinski definition) is 4. The number of halogens is 1. The summed E-state index contributed by atoms with van der Waals surface area (Å²) in [7, 11) is 0. The van der Waals surface area contributed by atoms with Crippen LogP contribution in [0.2, 0.25) is 0 Å². The van der Waals surface area contributed by atoms with Gasteiger partial charge in [0.1, 0.15) is 5.82 Å². The molecular weight excluding hydrogens is 433 g/mol. The molecule has 3 aromatic rings. The standard InChI is InChI=1S/C27H34FN3O3/c28-24-5-2-21(3-6-24)7-11-29-12-9-25(10-13-29)31-14-8-23-4-1-22(19-26(23)31)20-27(34)30(15-17-32)16-18-33/h1-6,8,14,19,25,32-33H,7,9-13,15-18,20H2. The number of carbonyl (C=O) groups excluding carboxylic acids is 1. The Morgan fingerprint density at radius 2 is 1.65 bits per heavy atom. The lowest BCUT2D eigenvalue weighted by atomic mass is 10.0. The molecule has 0 saturated carbocycles. The summed E-state index contributed by atoms with van der Waals surface area (Å²) in [6, 6.07) is 15.5. The van der Waals surface area contributed by atoms with Gasteiger partial charge >= 0.3 is 0 Å². The lowest BCUT2D eigenvalue weighted by Gasteiger charge is -2.33. The first kappa shape index (κ1) is 24.4. The highest BCUT2D eigenvalue weighted by molar-refractivity contribution is 5.84. The van der Waals surface area contributed by atoms with Gasteiger partial charge in [-0.2, -0.15) is 0 Å². The van der Waals surface area contributed by atoms with Gasteiger partial charge in [0, 0.05) is 50.5 Å². The molecule has 1 fully saturated rings. The number of benzene rings is 2. The zero-order valence-corrected chi connectivity index (χ0v) is 19.6. The second-order valence-corrected chi connectivity index (χ2v) is 9.07. The third-order valence-electron chi connectivity index (χ3n) is 6.82. The Labute approximate surface area is 200 Å². The van der Waals surface area contributed by atoms with Gasteiger partial charge in [0.05, 0.1) is 19.6 Å². The number of piperidine rings is 1. The molecule has 0 spiro atoms. The Hall–Kier alpha value is -2.74. The van der Waals surface area contributed by atoms with E-state index in [0.29, 0.717) is 6.04 Å². The van der Waals surface area contributed by atoms with Gasteiger partial charge in [-0.25, -0.2) is 4.39 Å². The van der Waals surface area contributed by atoms with Crippen molar-refractivity contribution in [2.24, 2.45) is 0 Å². The molecule has 2 N–H and O–H groups in total. The monoisotopic (exact) mass is 467 g/mol. The number of hydrogen-bond donors (Lipinski definition) is 2. The van der Waals surface area contributed by atoms with Gasteiger partial charge < -0.3 is 24.6 Å². The van der Waals surface area contributed by atoms with E-state index in [2.05, 4.69) is 33.9 Å². The topological polar surface area (TPSA) is 68.9 Å². The average molecular weight is 468 g/mol. The van der Waals surface area contributed by atoms with Crippen LogP contribution in [0.1, 0.15) is 30.0 Å². The third kappa shape index (κ3) is 6.03. The van der Waals surface area contributed by atoms with Crippen LogP contribution >= 0.6 is 0 Å². The number of aliphatic hydroxyl groups is 2.